The molecule has 1 aliphatic heterocycles. The summed E-state index contributed by atoms with van der Waals surface area (Å²) >= 11 is 0. The van der Waals surface area contributed by atoms with E-state index in [1.54, 1.807) is 38.1 Å². The predicted octanol–water partition coefficient (Wildman–Crippen LogP) is 4.04. The zero-order valence-corrected chi connectivity index (χ0v) is 22.1. The van der Waals surface area contributed by atoms with E-state index in [0.29, 0.717) is 24.8 Å². The van der Waals surface area contributed by atoms with Crippen LogP contribution in [0.25, 0.3) is 0 Å². The van der Waals surface area contributed by atoms with Crippen LogP contribution in [0.4, 0.5) is 9.59 Å². The number of carbonyl (C=O) groups is 3. The molecule has 10 heteroatoms. The van der Waals surface area contributed by atoms with Crippen LogP contribution in [0, 0.1) is 0 Å². The molecule has 1 saturated carbocycles. The van der Waals surface area contributed by atoms with Crippen molar-refractivity contribution in [3.05, 3.63) is 65.2 Å². The quantitative estimate of drug-likeness (QED) is 0.565. The van der Waals surface area contributed by atoms with Gasteiger partial charge in [0, 0.05) is 18.2 Å². The van der Waals surface area contributed by atoms with E-state index in [-0.39, 0.29) is 36.0 Å². The lowest BCUT2D eigenvalue weighted by molar-refractivity contribution is 0.0821. The summed E-state index contributed by atoms with van der Waals surface area (Å²) in [6, 6.07) is 12.0. The number of rotatable bonds is 7. The maximum absolute atomic E-state index is 13.5. The van der Waals surface area contributed by atoms with Gasteiger partial charge in [-0.05, 0) is 62.4 Å². The van der Waals surface area contributed by atoms with Crippen LogP contribution < -0.4 is 10.6 Å². The third kappa shape index (κ3) is 5.95. The molecule has 2 aromatic rings. The Hall–Kier alpha value is -3.40. The molecule has 5 amide bonds. The number of amides is 5. The molecule has 0 bridgehead atoms. The van der Waals surface area contributed by atoms with Crippen molar-refractivity contribution in [1.82, 2.24) is 19.8 Å². The van der Waals surface area contributed by atoms with Gasteiger partial charge in [-0.25, -0.2) is 22.3 Å². The standard InChI is InChI=1S/C27H34N4O5S/c1-19(2)29-27(34)31(22-9-4-3-5-10-22)37(35,36)23-14-12-20(13-15-23)16-17-28-26(33)30-18-21-8-6-7-11-24(21)25(30)32/h6-8,11-15,19,22H,3-5,9-10,16-18H2,1-2H3,(H,28,33)(H,29,34). The van der Waals surface area contributed by atoms with E-state index in [2.05, 4.69) is 10.6 Å². The number of benzene rings is 2. The largest absolute Gasteiger partial charge is 0.337 e. The van der Waals surface area contributed by atoms with Gasteiger partial charge in [-0.2, -0.15) is 0 Å². The molecular formula is C27H34N4O5S. The van der Waals surface area contributed by atoms with E-state index in [1.165, 1.54) is 17.0 Å². The fraction of sp³-hybridized carbons (Fsp3) is 0.444. The zero-order chi connectivity index (χ0) is 26.6. The second-order valence-electron chi connectivity index (χ2n) is 9.87. The number of carbonyl (C=O) groups excluding carboxylic acids is 3. The van der Waals surface area contributed by atoms with Gasteiger partial charge in [-0.15, -0.1) is 0 Å². The smallest absolute Gasteiger partial charge is 0.331 e. The predicted molar refractivity (Wildman–Crippen MR) is 139 cm³/mol. The Morgan fingerprint density at radius 2 is 1.70 bits per heavy atom. The van der Waals surface area contributed by atoms with Crippen molar-refractivity contribution in [3.63, 3.8) is 0 Å². The number of hydrogen-bond donors (Lipinski definition) is 2. The average molecular weight is 527 g/mol. The number of fused-ring (bicyclic) bond motifs is 1. The summed E-state index contributed by atoms with van der Waals surface area (Å²) in [5.74, 6) is -0.313. The van der Waals surface area contributed by atoms with E-state index in [1.807, 2.05) is 12.1 Å². The fourth-order valence-corrected chi connectivity index (χ4v) is 6.45. The van der Waals surface area contributed by atoms with Crippen molar-refractivity contribution in [2.45, 2.75) is 75.9 Å². The minimum Gasteiger partial charge on any atom is -0.337 e. The number of sulfonamides is 1. The van der Waals surface area contributed by atoms with Gasteiger partial charge in [-0.3, -0.25) is 9.69 Å². The van der Waals surface area contributed by atoms with Crippen LogP contribution in [0.15, 0.2) is 53.4 Å². The third-order valence-electron chi connectivity index (χ3n) is 6.76. The van der Waals surface area contributed by atoms with E-state index >= 15 is 0 Å². The first-order valence-electron chi connectivity index (χ1n) is 12.8. The molecule has 1 fully saturated rings. The molecule has 2 aromatic carbocycles. The first-order valence-corrected chi connectivity index (χ1v) is 14.2. The van der Waals surface area contributed by atoms with E-state index in [9.17, 15) is 22.8 Å². The number of urea groups is 2. The summed E-state index contributed by atoms with van der Waals surface area (Å²) < 4.78 is 28.1. The summed E-state index contributed by atoms with van der Waals surface area (Å²) in [5.41, 5.74) is 2.19. The van der Waals surface area contributed by atoms with Crippen molar-refractivity contribution in [1.29, 1.82) is 0 Å². The van der Waals surface area contributed by atoms with Gasteiger partial charge in [0.05, 0.1) is 17.5 Å². The van der Waals surface area contributed by atoms with Gasteiger partial charge in [-0.1, -0.05) is 49.6 Å². The lowest BCUT2D eigenvalue weighted by Crippen LogP contribution is -2.51. The molecule has 1 aliphatic carbocycles. The Kier molecular flexibility index (Phi) is 8.16. The molecule has 2 N–H and O–H groups in total. The Morgan fingerprint density at radius 1 is 1.03 bits per heavy atom. The van der Waals surface area contributed by atoms with E-state index < -0.39 is 22.1 Å². The highest BCUT2D eigenvalue weighted by Gasteiger charge is 2.36. The molecule has 0 radical (unpaired) electrons. The summed E-state index contributed by atoms with van der Waals surface area (Å²) in [7, 11) is -4.03. The lowest BCUT2D eigenvalue weighted by Gasteiger charge is -2.34. The second kappa shape index (κ2) is 11.3. The Bertz CT molecular complexity index is 1250. The number of hydrogen-bond acceptors (Lipinski definition) is 5. The van der Waals surface area contributed by atoms with Gasteiger partial charge < -0.3 is 10.6 Å². The molecule has 0 unspecified atom stereocenters. The summed E-state index contributed by atoms with van der Waals surface area (Å²) in [6.45, 7) is 4.14. The van der Waals surface area contributed by atoms with E-state index in [4.69, 9.17) is 0 Å². The van der Waals surface area contributed by atoms with Crippen LogP contribution in [0.1, 0.15) is 67.4 Å². The van der Waals surface area contributed by atoms with Gasteiger partial charge in [0.1, 0.15) is 0 Å². The third-order valence-corrected chi connectivity index (χ3v) is 8.61. The number of nitrogens with zero attached hydrogens (tertiary/aromatic N) is 2. The van der Waals surface area contributed by atoms with Crippen LogP contribution in [0.2, 0.25) is 0 Å². The second-order valence-corrected chi connectivity index (χ2v) is 11.7. The van der Waals surface area contributed by atoms with Crippen LogP contribution in [0.5, 0.6) is 0 Å². The molecule has 1 heterocycles. The summed E-state index contributed by atoms with van der Waals surface area (Å²) in [6.07, 6.45) is 4.61. The highest BCUT2D eigenvalue weighted by molar-refractivity contribution is 7.89. The highest BCUT2D eigenvalue weighted by atomic mass is 32.2. The molecule has 0 spiro atoms. The first-order chi connectivity index (χ1) is 17.7. The Morgan fingerprint density at radius 3 is 2.35 bits per heavy atom. The molecule has 2 aliphatic rings. The fourth-order valence-electron chi connectivity index (χ4n) is 4.87. The SMILES string of the molecule is CC(C)NC(=O)N(C1CCCCC1)S(=O)(=O)c1ccc(CCNC(=O)N2Cc3ccccc3C2=O)cc1. The number of imide groups is 1. The van der Waals surface area contributed by atoms with Crippen molar-refractivity contribution >= 4 is 28.0 Å². The summed E-state index contributed by atoms with van der Waals surface area (Å²) in [4.78, 5) is 39.2. The monoisotopic (exact) mass is 526 g/mol. The molecule has 0 aromatic heterocycles. The summed E-state index contributed by atoms with van der Waals surface area (Å²) in [5, 5.41) is 5.50. The average Bonchev–Trinajstić information content (AvgIpc) is 3.21. The molecule has 198 valence electrons. The Labute approximate surface area is 218 Å². The van der Waals surface area contributed by atoms with E-state index in [0.717, 1.165) is 34.7 Å². The molecule has 9 nitrogen and oxygen atoms in total. The van der Waals surface area contributed by atoms with Crippen molar-refractivity contribution < 1.29 is 22.8 Å². The van der Waals surface area contributed by atoms with Crippen LogP contribution in [-0.4, -0.2) is 54.2 Å². The zero-order valence-electron chi connectivity index (χ0n) is 21.3. The number of nitrogens with one attached hydrogen (secondary N) is 2. The maximum Gasteiger partial charge on any atom is 0.331 e. The van der Waals surface area contributed by atoms with Gasteiger partial charge >= 0.3 is 12.1 Å². The van der Waals surface area contributed by atoms with Crippen molar-refractivity contribution in [2.24, 2.45) is 0 Å². The molecule has 4 rings (SSSR count). The molecule has 37 heavy (non-hydrogen) atoms. The van der Waals surface area contributed by atoms with Crippen molar-refractivity contribution in [2.75, 3.05) is 6.54 Å². The van der Waals surface area contributed by atoms with Crippen LogP contribution >= 0.6 is 0 Å². The maximum atomic E-state index is 13.5. The van der Waals surface area contributed by atoms with Crippen molar-refractivity contribution in [3.8, 4) is 0 Å². The van der Waals surface area contributed by atoms with Gasteiger partial charge in [0.25, 0.3) is 15.9 Å². The topological polar surface area (TPSA) is 116 Å². The molecule has 0 saturated heterocycles. The normalized spacial score (nSPS) is 16.0. The minimum absolute atomic E-state index is 0.0604. The molecule has 0 atom stereocenters. The van der Waals surface area contributed by atoms with Gasteiger partial charge in [0.2, 0.25) is 0 Å². The van der Waals surface area contributed by atoms with Gasteiger partial charge in [0.15, 0.2) is 0 Å². The van der Waals surface area contributed by atoms with Crippen LogP contribution in [-0.2, 0) is 23.0 Å². The highest BCUT2D eigenvalue weighted by Crippen LogP contribution is 2.28. The Balaban J connectivity index is 1.38. The minimum atomic E-state index is -4.03. The lowest BCUT2D eigenvalue weighted by atomic mass is 9.96. The molecular weight excluding hydrogens is 492 g/mol. The van der Waals surface area contributed by atoms with Crippen LogP contribution in [0.3, 0.4) is 0 Å². The first kappa shape index (κ1) is 26.7.